The topological polar surface area (TPSA) is 272 Å². The summed E-state index contributed by atoms with van der Waals surface area (Å²) in [6.07, 6.45) is 11.2. The molecule has 17 heteroatoms. The molecule has 0 saturated carbocycles. The molecule has 0 atom stereocenters. The van der Waals surface area contributed by atoms with Gasteiger partial charge < -0.3 is 44.2 Å². The van der Waals surface area contributed by atoms with E-state index in [1.54, 1.807) is 44.7 Å². The van der Waals surface area contributed by atoms with E-state index in [0.29, 0.717) is 59.1 Å². The van der Waals surface area contributed by atoms with Crippen LogP contribution in [0.4, 0.5) is 40.6 Å². The minimum atomic E-state index is -0.220. The van der Waals surface area contributed by atoms with Crippen molar-refractivity contribution in [2.75, 3.05) is 34.5 Å². The van der Waals surface area contributed by atoms with E-state index in [1.165, 1.54) is 18.6 Å². The number of allylic oxidation sites excluding steroid dienone is 1. The summed E-state index contributed by atoms with van der Waals surface area (Å²) in [5.74, 6) is 2.33. The average molecular weight is 749 g/mol. The number of amides is 1. The van der Waals surface area contributed by atoms with Gasteiger partial charge in [0.05, 0.1) is 40.9 Å². The molecule has 7 rings (SSSR count). The van der Waals surface area contributed by atoms with E-state index in [9.17, 15) is 4.79 Å². The van der Waals surface area contributed by atoms with Crippen LogP contribution in [-0.4, -0.2) is 53.7 Å². The monoisotopic (exact) mass is 748 g/mol. The lowest BCUT2D eigenvalue weighted by Crippen LogP contribution is -2.18. The molecule has 0 aliphatic rings. The van der Waals surface area contributed by atoms with Crippen molar-refractivity contribution in [1.29, 1.82) is 0 Å². The zero-order valence-corrected chi connectivity index (χ0v) is 30.6. The highest BCUT2D eigenvalue weighted by Gasteiger charge is 2.09. The van der Waals surface area contributed by atoms with Gasteiger partial charge in [0.15, 0.2) is 34.9 Å². The Bertz CT molecular complexity index is 2550. The number of benzene rings is 2. The quantitative estimate of drug-likeness (QED) is 0.0653. The van der Waals surface area contributed by atoms with Crippen molar-refractivity contribution in [3.63, 3.8) is 0 Å². The largest absolute Gasteiger partial charge is 0.402 e. The molecule has 2 aromatic carbocycles. The molecule has 17 nitrogen and oxygen atoms in total. The van der Waals surface area contributed by atoms with E-state index in [2.05, 4.69) is 73.3 Å². The third-order valence-corrected chi connectivity index (χ3v) is 7.96. The second-order valence-corrected chi connectivity index (χ2v) is 12.3. The third kappa shape index (κ3) is 10.1. The molecular formula is C39H40N16O. The van der Waals surface area contributed by atoms with Crippen LogP contribution in [0.25, 0.3) is 21.8 Å². The Balaban J connectivity index is 0.000000192. The van der Waals surface area contributed by atoms with Gasteiger partial charge in [0.25, 0.3) is 5.91 Å². The fourth-order valence-electron chi connectivity index (χ4n) is 5.33. The molecule has 5 heterocycles. The standard InChI is InChI=1S/C21H20N8O.C18H20N8/c1-23-21(30)15-8-16(11-24-10-15)28-18-12-26-19(22)20(29-18)27-9-13-4-5-17-14(7-13)3-2-6-25-17;1-11(19)7-15(20)25-16-10-23-17(21)18(26-16)24-9-12-4-5-14-13(8-12)3-2-6-22-14/h2-8,10-12H,9H2,1H3,(H2,22,26)(H,23,30)(H2,27,28,29);2-8,10H,9,19H2,1H3,(H2,21,23)(H3,20,24,25,26)/b;11-7-. The number of nitrogens with one attached hydrogen (secondary N) is 4. The summed E-state index contributed by atoms with van der Waals surface area (Å²) in [6.45, 7) is 2.79. The first-order chi connectivity index (χ1) is 27.1. The molecule has 0 aliphatic heterocycles. The van der Waals surface area contributed by atoms with E-state index < -0.39 is 0 Å². The van der Waals surface area contributed by atoms with Crippen molar-refractivity contribution in [3.8, 4) is 0 Å². The number of nitrogens with two attached hydrogens (primary N) is 4. The summed E-state index contributed by atoms with van der Waals surface area (Å²) in [7, 11) is 1.57. The van der Waals surface area contributed by atoms with Crippen LogP contribution in [0, 0.1) is 0 Å². The van der Waals surface area contributed by atoms with E-state index in [1.807, 2.05) is 48.5 Å². The lowest BCUT2D eigenvalue weighted by atomic mass is 10.1. The zero-order valence-electron chi connectivity index (χ0n) is 30.6. The Hall–Kier alpha value is -7.95. The first-order valence-corrected chi connectivity index (χ1v) is 17.3. The smallest absolute Gasteiger partial charge is 0.252 e. The van der Waals surface area contributed by atoms with Crippen molar-refractivity contribution in [2.24, 2.45) is 16.5 Å². The molecule has 7 aromatic rings. The predicted molar refractivity (Wildman–Crippen MR) is 221 cm³/mol. The second-order valence-electron chi connectivity index (χ2n) is 12.3. The summed E-state index contributed by atoms with van der Waals surface area (Å²) < 4.78 is 0. The Morgan fingerprint density at radius 1 is 0.750 bits per heavy atom. The fourth-order valence-corrected chi connectivity index (χ4v) is 5.33. The maximum absolute atomic E-state index is 11.8. The number of carbonyl (C=O) groups is 1. The van der Waals surface area contributed by atoms with Gasteiger partial charge in [-0.2, -0.15) is 0 Å². The van der Waals surface area contributed by atoms with Gasteiger partial charge >= 0.3 is 0 Å². The summed E-state index contributed by atoms with van der Waals surface area (Å²) in [5.41, 5.74) is 28.9. The van der Waals surface area contributed by atoms with Crippen LogP contribution in [0.2, 0.25) is 0 Å². The summed E-state index contributed by atoms with van der Waals surface area (Å²) in [6, 6.07) is 21.6. The molecule has 0 spiro atoms. The van der Waals surface area contributed by atoms with Gasteiger partial charge in [-0.1, -0.05) is 24.3 Å². The average Bonchev–Trinajstić information content (AvgIpc) is 3.20. The predicted octanol–water partition coefficient (Wildman–Crippen LogP) is 4.79. The summed E-state index contributed by atoms with van der Waals surface area (Å²) >= 11 is 0. The zero-order chi connectivity index (χ0) is 39.4. The van der Waals surface area contributed by atoms with Crippen LogP contribution in [0.15, 0.2) is 121 Å². The maximum Gasteiger partial charge on any atom is 0.252 e. The molecule has 1 amide bonds. The molecular weight excluding hydrogens is 709 g/mol. The molecule has 5 aromatic heterocycles. The number of nitrogens with zero attached hydrogens (tertiary/aromatic N) is 8. The first-order valence-electron chi connectivity index (χ1n) is 17.3. The number of hydrogen-bond acceptors (Lipinski definition) is 15. The number of rotatable bonds is 11. The van der Waals surface area contributed by atoms with E-state index in [0.717, 1.165) is 32.9 Å². The molecule has 0 bridgehead atoms. The van der Waals surface area contributed by atoms with Crippen molar-refractivity contribution < 1.29 is 4.79 Å². The number of carbonyl (C=O) groups excluding carboxylic acids is 1. The maximum atomic E-state index is 11.8. The minimum absolute atomic E-state index is 0.220. The van der Waals surface area contributed by atoms with Crippen LogP contribution in [-0.2, 0) is 13.1 Å². The highest BCUT2D eigenvalue weighted by molar-refractivity contribution is 5.95. The van der Waals surface area contributed by atoms with Gasteiger partial charge in [0, 0.05) is 55.2 Å². The summed E-state index contributed by atoms with van der Waals surface area (Å²) in [4.78, 5) is 45.8. The van der Waals surface area contributed by atoms with Crippen LogP contribution < -0.4 is 44.2 Å². The van der Waals surface area contributed by atoms with Crippen molar-refractivity contribution in [1.82, 2.24) is 40.2 Å². The molecule has 56 heavy (non-hydrogen) atoms. The number of aromatic nitrogens is 7. The van der Waals surface area contributed by atoms with Crippen LogP contribution in [0.5, 0.6) is 0 Å². The van der Waals surface area contributed by atoms with Crippen LogP contribution in [0.1, 0.15) is 28.4 Å². The van der Waals surface area contributed by atoms with E-state index >= 15 is 0 Å². The minimum Gasteiger partial charge on any atom is -0.402 e. The Morgan fingerprint density at radius 2 is 1.36 bits per heavy atom. The van der Waals surface area contributed by atoms with Crippen LogP contribution >= 0.6 is 0 Å². The Labute approximate surface area is 321 Å². The van der Waals surface area contributed by atoms with Gasteiger partial charge in [-0.25, -0.2) is 24.9 Å². The van der Waals surface area contributed by atoms with Gasteiger partial charge in [-0.15, -0.1) is 0 Å². The van der Waals surface area contributed by atoms with Gasteiger partial charge in [-0.05, 0) is 66.6 Å². The SMILES string of the molecule is C/C(N)=C/C(N)=N\c1cnc(N)c(NCc2ccc3ncccc3c2)n1.CNC(=O)c1cncc(Nc2cnc(N)c(NCc3ccc4ncccc4c3)n2)c1. The number of aliphatic imine (C=N–C) groups is 1. The van der Waals surface area contributed by atoms with Gasteiger partial charge in [-0.3, -0.25) is 19.7 Å². The fraction of sp³-hybridized carbons (Fsp3) is 0.103. The van der Waals surface area contributed by atoms with Crippen molar-refractivity contribution in [2.45, 2.75) is 20.0 Å². The second kappa shape index (κ2) is 17.7. The highest BCUT2D eigenvalue weighted by atomic mass is 16.1. The number of anilines is 6. The first kappa shape index (κ1) is 37.8. The van der Waals surface area contributed by atoms with Crippen molar-refractivity contribution >= 4 is 74.1 Å². The Morgan fingerprint density at radius 3 is 1.96 bits per heavy atom. The number of fused-ring (bicyclic) bond motifs is 2. The number of pyridine rings is 3. The molecule has 0 fully saturated rings. The molecule has 0 unspecified atom stereocenters. The molecule has 0 radical (unpaired) electrons. The molecule has 0 aliphatic carbocycles. The number of hydrogen-bond donors (Lipinski definition) is 8. The lowest BCUT2D eigenvalue weighted by Gasteiger charge is -2.11. The van der Waals surface area contributed by atoms with E-state index in [4.69, 9.17) is 22.9 Å². The lowest BCUT2D eigenvalue weighted by molar-refractivity contribution is 0.0962. The van der Waals surface area contributed by atoms with Gasteiger partial charge in [0.1, 0.15) is 5.84 Å². The normalized spacial score (nSPS) is 11.4. The number of nitrogen functional groups attached to an aromatic ring is 2. The van der Waals surface area contributed by atoms with Crippen molar-refractivity contribution in [3.05, 3.63) is 132 Å². The number of amidine groups is 1. The van der Waals surface area contributed by atoms with Gasteiger partial charge in [0.2, 0.25) is 0 Å². The Kier molecular flexibility index (Phi) is 12.0. The molecule has 12 N–H and O–H groups in total. The molecule has 0 saturated heterocycles. The summed E-state index contributed by atoms with van der Waals surface area (Å²) in [5, 5.41) is 14.2. The third-order valence-electron chi connectivity index (χ3n) is 7.96. The highest BCUT2D eigenvalue weighted by Crippen LogP contribution is 2.22. The molecule has 282 valence electrons. The van der Waals surface area contributed by atoms with E-state index in [-0.39, 0.29) is 17.6 Å². The van der Waals surface area contributed by atoms with Crippen LogP contribution in [0.3, 0.4) is 0 Å².